The summed E-state index contributed by atoms with van der Waals surface area (Å²) < 4.78 is 5.24. The lowest BCUT2D eigenvalue weighted by Crippen LogP contribution is -2.25. The Labute approximate surface area is 147 Å². The normalized spacial score (nSPS) is 11.5. The van der Waals surface area contributed by atoms with Gasteiger partial charge in [-0.05, 0) is 31.5 Å². The summed E-state index contributed by atoms with van der Waals surface area (Å²) in [6.07, 6.45) is -0.778. The van der Waals surface area contributed by atoms with Crippen molar-refractivity contribution in [3.63, 3.8) is 0 Å². The van der Waals surface area contributed by atoms with Crippen LogP contribution in [0, 0.1) is 6.92 Å². The standard InChI is InChI=1S/C20H21NO4/c1-13-4-8-17(9-5-13)20(24)14(2)25-19(23)12-16-6-10-18(11-7-16)21-15(3)22/h4-11,14H,12H2,1-3H3,(H,21,22)/t14-/m1/s1. The first-order valence-electron chi connectivity index (χ1n) is 8.02. The lowest BCUT2D eigenvalue weighted by molar-refractivity contribution is -0.145. The van der Waals surface area contributed by atoms with Gasteiger partial charge in [0.05, 0.1) is 6.42 Å². The van der Waals surface area contributed by atoms with Gasteiger partial charge in [-0.25, -0.2) is 0 Å². The molecule has 2 aromatic carbocycles. The molecule has 0 bridgehead atoms. The number of carbonyl (C=O) groups excluding carboxylic acids is 3. The van der Waals surface area contributed by atoms with Crippen LogP contribution in [-0.2, 0) is 20.7 Å². The zero-order chi connectivity index (χ0) is 18.4. The summed E-state index contributed by atoms with van der Waals surface area (Å²) >= 11 is 0. The Morgan fingerprint density at radius 1 is 1.00 bits per heavy atom. The van der Waals surface area contributed by atoms with Gasteiger partial charge < -0.3 is 10.1 Å². The number of Topliss-reactive ketones (excluding diaryl/α,β-unsaturated/α-hetero) is 1. The van der Waals surface area contributed by atoms with Gasteiger partial charge in [-0.1, -0.05) is 42.0 Å². The molecule has 1 atom stereocenters. The molecule has 0 fully saturated rings. The van der Waals surface area contributed by atoms with Crippen molar-refractivity contribution in [1.82, 2.24) is 0 Å². The second kappa shape index (κ2) is 8.24. The molecule has 0 aliphatic rings. The topological polar surface area (TPSA) is 72.5 Å². The van der Waals surface area contributed by atoms with Crippen LogP contribution >= 0.6 is 0 Å². The minimum atomic E-state index is -0.839. The zero-order valence-electron chi connectivity index (χ0n) is 14.5. The number of esters is 1. The molecule has 130 valence electrons. The molecular formula is C20H21NO4. The van der Waals surface area contributed by atoms with Crippen LogP contribution in [0.1, 0.15) is 35.3 Å². The van der Waals surface area contributed by atoms with E-state index in [1.807, 2.05) is 19.1 Å². The van der Waals surface area contributed by atoms with Crippen LogP contribution < -0.4 is 5.32 Å². The second-order valence-electron chi connectivity index (χ2n) is 5.92. The van der Waals surface area contributed by atoms with Crippen molar-refractivity contribution < 1.29 is 19.1 Å². The smallest absolute Gasteiger partial charge is 0.310 e. The average molecular weight is 339 g/mol. The molecular weight excluding hydrogens is 318 g/mol. The van der Waals surface area contributed by atoms with Gasteiger partial charge in [-0.2, -0.15) is 0 Å². The molecule has 0 radical (unpaired) electrons. The molecule has 2 rings (SSSR count). The largest absolute Gasteiger partial charge is 0.454 e. The van der Waals surface area contributed by atoms with E-state index in [1.54, 1.807) is 43.3 Å². The summed E-state index contributed by atoms with van der Waals surface area (Å²) in [4.78, 5) is 35.3. The molecule has 0 aromatic heterocycles. The number of nitrogens with one attached hydrogen (secondary N) is 1. The Bertz CT molecular complexity index is 763. The van der Waals surface area contributed by atoms with Crippen molar-refractivity contribution in [3.05, 3.63) is 65.2 Å². The summed E-state index contributed by atoms with van der Waals surface area (Å²) in [5.41, 5.74) is 2.98. The highest BCUT2D eigenvalue weighted by Gasteiger charge is 2.19. The van der Waals surface area contributed by atoms with Crippen LogP contribution in [0.5, 0.6) is 0 Å². The molecule has 1 N–H and O–H groups in total. The van der Waals surface area contributed by atoms with Gasteiger partial charge in [-0.3, -0.25) is 14.4 Å². The Morgan fingerprint density at radius 3 is 2.16 bits per heavy atom. The molecule has 0 aliphatic carbocycles. The van der Waals surface area contributed by atoms with Crippen molar-refractivity contribution in [3.8, 4) is 0 Å². The third-order valence-electron chi connectivity index (χ3n) is 3.64. The Kier molecular flexibility index (Phi) is 6.06. The van der Waals surface area contributed by atoms with E-state index < -0.39 is 12.1 Å². The molecule has 0 spiro atoms. The van der Waals surface area contributed by atoms with Crippen LogP contribution in [-0.4, -0.2) is 23.8 Å². The number of rotatable bonds is 6. The fourth-order valence-electron chi connectivity index (χ4n) is 2.32. The van der Waals surface area contributed by atoms with E-state index in [4.69, 9.17) is 4.74 Å². The number of anilines is 1. The first kappa shape index (κ1) is 18.4. The third-order valence-corrected chi connectivity index (χ3v) is 3.64. The minimum Gasteiger partial charge on any atom is -0.454 e. The maximum atomic E-state index is 12.3. The first-order chi connectivity index (χ1) is 11.8. The van der Waals surface area contributed by atoms with Crippen molar-refractivity contribution >= 4 is 23.3 Å². The molecule has 0 unspecified atom stereocenters. The van der Waals surface area contributed by atoms with E-state index in [2.05, 4.69) is 5.32 Å². The van der Waals surface area contributed by atoms with Gasteiger partial charge in [0.1, 0.15) is 0 Å². The zero-order valence-corrected chi connectivity index (χ0v) is 14.5. The van der Waals surface area contributed by atoms with E-state index in [0.717, 1.165) is 11.1 Å². The number of hydrogen-bond donors (Lipinski definition) is 1. The van der Waals surface area contributed by atoms with Crippen LogP contribution in [0.15, 0.2) is 48.5 Å². The summed E-state index contributed by atoms with van der Waals surface area (Å²) in [6.45, 7) is 4.94. The predicted molar refractivity (Wildman–Crippen MR) is 95.5 cm³/mol. The number of hydrogen-bond acceptors (Lipinski definition) is 4. The van der Waals surface area contributed by atoms with Crippen molar-refractivity contribution in [2.45, 2.75) is 33.3 Å². The quantitative estimate of drug-likeness (QED) is 0.647. The summed E-state index contributed by atoms with van der Waals surface area (Å²) in [7, 11) is 0. The fourth-order valence-corrected chi connectivity index (χ4v) is 2.32. The number of amides is 1. The van der Waals surface area contributed by atoms with Crippen molar-refractivity contribution in [2.24, 2.45) is 0 Å². The maximum absolute atomic E-state index is 12.3. The molecule has 0 saturated heterocycles. The minimum absolute atomic E-state index is 0.0614. The van der Waals surface area contributed by atoms with E-state index in [0.29, 0.717) is 11.3 Å². The van der Waals surface area contributed by atoms with Gasteiger partial charge in [-0.15, -0.1) is 0 Å². The van der Waals surface area contributed by atoms with E-state index in [9.17, 15) is 14.4 Å². The second-order valence-corrected chi connectivity index (χ2v) is 5.92. The molecule has 0 heterocycles. The maximum Gasteiger partial charge on any atom is 0.310 e. The first-order valence-corrected chi connectivity index (χ1v) is 8.02. The number of carbonyl (C=O) groups is 3. The van der Waals surface area contributed by atoms with Crippen molar-refractivity contribution in [2.75, 3.05) is 5.32 Å². The van der Waals surface area contributed by atoms with E-state index >= 15 is 0 Å². The summed E-state index contributed by atoms with van der Waals surface area (Å²) in [5.74, 6) is -0.856. The van der Waals surface area contributed by atoms with Gasteiger partial charge in [0.15, 0.2) is 6.10 Å². The third kappa shape index (κ3) is 5.57. The Morgan fingerprint density at radius 2 is 1.60 bits per heavy atom. The lowest BCUT2D eigenvalue weighted by Gasteiger charge is -2.13. The number of ether oxygens (including phenoxy) is 1. The van der Waals surface area contributed by atoms with Gasteiger partial charge in [0, 0.05) is 18.2 Å². The highest BCUT2D eigenvalue weighted by molar-refractivity contribution is 6.00. The highest BCUT2D eigenvalue weighted by Crippen LogP contribution is 2.12. The lowest BCUT2D eigenvalue weighted by atomic mass is 10.1. The molecule has 0 aliphatic heterocycles. The number of aryl methyl sites for hydroxylation is 1. The van der Waals surface area contributed by atoms with Crippen LogP contribution in [0.2, 0.25) is 0 Å². The average Bonchev–Trinajstić information content (AvgIpc) is 2.56. The van der Waals surface area contributed by atoms with Gasteiger partial charge in [0.25, 0.3) is 0 Å². The number of benzene rings is 2. The van der Waals surface area contributed by atoms with E-state index in [-0.39, 0.29) is 18.1 Å². The predicted octanol–water partition coefficient (Wildman–Crippen LogP) is 3.31. The fraction of sp³-hybridized carbons (Fsp3) is 0.250. The van der Waals surface area contributed by atoms with E-state index in [1.165, 1.54) is 6.92 Å². The Hall–Kier alpha value is -2.95. The molecule has 1 amide bonds. The van der Waals surface area contributed by atoms with Crippen molar-refractivity contribution in [1.29, 1.82) is 0 Å². The van der Waals surface area contributed by atoms with Gasteiger partial charge >= 0.3 is 5.97 Å². The molecule has 25 heavy (non-hydrogen) atoms. The molecule has 2 aromatic rings. The van der Waals surface area contributed by atoms with Crippen LogP contribution in [0.3, 0.4) is 0 Å². The molecule has 0 saturated carbocycles. The monoisotopic (exact) mass is 339 g/mol. The highest BCUT2D eigenvalue weighted by atomic mass is 16.5. The molecule has 5 nitrogen and oxygen atoms in total. The molecule has 5 heteroatoms. The SMILES string of the molecule is CC(=O)Nc1ccc(CC(=O)O[C@H](C)C(=O)c2ccc(C)cc2)cc1. The number of ketones is 1. The van der Waals surface area contributed by atoms with Crippen LogP contribution in [0.25, 0.3) is 0 Å². The van der Waals surface area contributed by atoms with Crippen LogP contribution in [0.4, 0.5) is 5.69 Å². The summed E-state index contributed by atoms with van der Waals surface area (Å²) in [6, 6.07) is 14.0. The Balaban J connectivity index is 1.91. The van der Waals surface area contributed by atoms with Gasteiger partial charge in [0.2, 0.25) is 11.7 Å². The summed E-state index contributed by atoms with van der Waals surface area (Å²) in [5, 5.41) is 2.65.